The summed E-state index contributed by atoms with van der Waals surface area (Å²) in [5, 5.41) is 11.0. The van der Waals surface area contributed by atoms with E-state index in [1.165, 1.54) is 24.5 Å². The molecule has 0 aliphatic heterocycles. The van der Waals surface area contributed by atoms with Crippen molar-refractivity contribution in [1.29, 1.82) is 0 Å². The highest BCUT2D eigenvalue weighted by molar-refractivity contribution is 7.92. The molecule has 2 rings (SSSR count). The number of nitrogens with one attached hydrogen (secondary N) is 1. The van der Waals surface area contributed by atoms with Crippen molar-refractivity contribution in [3.05, 3.63) is 52.3 Å². The Kier molecular flexibility index (Phi) is 3.76. The molecule has 0 aliphatic rings. The molecule has 110 valence electrons. The Morgan fingerprint density at radius 1 is 1.33 bits per heavy atom. The molecule has 2 aromatic rings. The van der Waals surface area contributed by atoms with Gasteiger partial charge in [-0.2, -0.15) is 0 Å². The molecule has 0 atom stereocenters. The van der Waals surface area contributed by atoms with Gasteiger partial charge in [-0.15, -0.1) is 0 Å². The first-order valence-electron chi connectivity index (χ1n) is 5.78. The zero-order valence-corrected chi connectivity index (χ0v) is 11.8. The number of rotatable bonds is 4. The smallest absolute Gasteiger partial charge is 0.290 e. The number of nitrogens with zero attached hydrogens (tertiary/aromatic N) is 2. The van der Waals surface area contributed by atoms with Gasteiger partial charge in [0.05, 0.1) is 10.6 Å². The van der Waals surface area contributed by atoms with Crippen LogP contribution in [0.2, 0.25) is 0 Å². The molecule has 3 N–H and O–H groups in total. The lowest BCUT2D eigenvalue weighted by Gasteiger charge is -2.10. The number of hydrogen-bond donors (Lipinski definition) is 2. The number of nitro groups is 1. The van der Waals surface area contributed by atoms with Crippen LogP contribution < -0.4 is 10.5 Å². The molecule has 0 radical (unpaired) electrons. The van der Waals surface area contributed by atoms with Crippen LogP contribution in [-0.4, -0.2) is 18.3 Å². The van der Waals surface area contributed by atoms with E-state index in [1.54, 1.807) is 6.92 Å². The number of nitrogen functional groups attached to an aromatic ring is 1. The third kappa shape index (κ3) is 3.08. The van der Waals surface area contributed by atoms with Crippen LogP contribution in [0.15, 0.2) is 41.6 Å². The van der Waals surface area contributed by atoms with Gasteiger partial charge in [0, 0.05) is 24.1 Å². The molecule has 0 amide bonds. The van der Waals surface area contributed by atoms with E-state index in [9.17, 15) is 18.5 Å². The second-order valence-corrected chi connectivity index (χ2v) is 5.93. The van der Waals surface area contributed by atoms with Crippen molar-refractivity contribution in [3.8, 4) is 0 Å². The van der Waals surface area contributed by atoms with Gasteiger partial charge in [0.15, 0.2) is 4.90 Å². The molecule has 1 aromatic heterocycles. The van der Waals surface area contributed by atoms with E-state index in [0.717, 1.165) is 12.1 Å². The van der Waals surface area contributed by atoms with E-state index >= 15 is 0 Å². The van der Waals surface area contributed by atoms with Gasteiger partial charge in [-0.25, -0.2) is 8.42 Å². The van der Waals surface area contributed by atoms with Gasteiger partial charge < -0.3 is 5.73 Å². The predicted molar refractivity (Wildman–Crippen MR) is 77.3 cm³/mol. The average Bonchev–Trinajstić information content (AvgIpc) is 2.41. The lowest BCUT2D eigenvalue weighted by molar-refractivity contribution is -0.387. The van der Waals surface area contributed by atoms with Crippen LogP contribution >= 0.6 is 0 Å². The third-order valence-corrected chi connectivity index (χ3v) is 4.13. The monoisotopic (exact) mass is 308 g/mol. The number of nitro benzene ring substituents is 1. The fraction of sp³-hybridized carbons (Fsp3) is 0.0833. The van der Waals surface area contributed by atoms with Crippen LogP contribution in [0.25, 0.3) is 0 Å². The molecule has 1 heterocycles. The van der Waals surface area contributed by atoms with Crippen LogP contribution in [0.1, 0.15) is 5.56 Å². The Labute approximate surface area is 120 Å². The minimum absolute atomic E-state index is 0.118. The van der Waals surface area contributed by atoms with E-state index in [4.69, 9.17) is 5.73 Å². The molecular weight excluding hydrogens is 296 g/mol. The number of sulfonamides is 1. The molecule has 0 fully saturated rings. The summed E-state index contributed by atoms with van der Waals surface area (Å²) in [5.74, 6) is 0. The molecule has 0 spiro atoms. The molecule has 21 heavy (non-hydrogen) atoms. The highest BCUT2D eigenvalue weighted by atomic mass is 32.2. The molecule has 1 aromatic carbocycles. The number of aryl methyl sites for hydroxylation is 1. The predicted octanol–water partition coefficient (Wildman–Crippen LogP) is 1.68. The largest absolute Gasteiger partial charge is 0.399 e. The van der Waals surface area contributed by atoms with Gasteiger partial charge in [0.2, 0.25) is 0 Å². The van der Waals surface area contributed by atoms with E-state index in [0.29, 0.717) is 11.3 Å². The van der Waals surface area contributed by atoms with E-state index in [-0.39, 0.29) is 5.69 Å². The Morgan fingerprint density at radius 3 is 2.67 bits per heavy atom. The van der Waals surface area contributed by atoms with Gasteiger partial charge in [0.25, 0.3) is 15.7 Å². The molecular formula is C12H12N4O4S. The first-order valence-corrected chi connectivity index (χ1v) is 7.27. The Morgan fingerprint density at radius 2 is 2.05 bits per heavy atom. The molecule has 0 bridgehead atoms. The molecule has 0 saturated heterocycles. The summed E-state index contributed by atoms with van der Waals surface area (Å²) >= 11 is 0. The highest BCUT2D eigenvalue weighted by Gasteiger charge is 2.26. The lowest BCUT2D eigenvalue weighted by Crippen LogP contribution is -2.15. The van der Waals surface area contributed by atoms with Gasteiger partial charge in [-0.05, 0) is 30.7 Å². The van der Waals surface area contributed by atoms with Crippen molar-refractivity contribution in [2.45, 2.75) is 11.8 Å². The summed E-state index contributed by atoms with van der Waals surface area (Å²) in [6.07, 6.45) is 2.89. The minimum Gasteiger partial charge on any atom is -0.399 e. The van der Waals surface area contributed by atoms with Crippen molar-refractivity contribution in [3.63, 3.8) is 0 Å². The maximum atomic E-state index is 12.3. The second-order valence-electron chi connectivity index (χ2n) is 4.28. The fourth-order valence-corrected chi connectivity index (χ4v) is 3.02. The molecule has 9 heteroatoms. The number of benzene rings is 1. The minimum atomic E-state index is -4.13. The maximum absolute atomic E-state index is 12.3. The van der Waals surface area contributed by atoms with Gasteiger partial charge in [0.1, 0.15) is 0 Å². The van der Waals surface area contributed by atoms with Gasteiger partial charge >= 0.3 is 0 Å². The highest BCUT2D eigenvalue weighted by Crippen LogP contribution is 2.28. The van der Waals surface area contributed by atoms with E-state index in [1.807, 2.05) is 0 Å². The Balaban J connectivity index is 2.52. The number of nitrogens with two attached hydrogens (primary N) is 1. The normalized spacial score (nSPS) is 11.1. The van der Waals surface area contributed by atoms with Crippen molar-refractivity contribution in [2.75, 3.05) is 10.5 Å². The number of aromatic nitrogens is 1. The summed E-state index contributed by atoms with van der Waals surface area (Å²) in [4.78, 5) is 13.6. The fourth-order valence-electron chi connectivity index (χ4n) is 1.68. The first-order chi connectivity index (χ1) is 9.81. The van der Waals surface area contributed by atoms with Crippen LogP contribution in [0.4, 0.5) is 17.1 Å². The Bertz CT molecular complexity index is 805. The Hall–Kier alpha value is -2.68. The lowest BCUT2D eigenvalue weighted by atomic mass is 10.3. The molecule has 0 saturated carbocycles. The zero-order valence-electron chi connectivity index (χ0n) is 11.0. The zero-order chi connectivity index (χ0) is 15.6. The SMILES string of the molecule is Cc1cnccc1NS(=O)(=O)c1cc(N)ccc1[N+](=O)[O-]. The number of hydrogen-bond acceptors (Lipinski definition) is 6. The maximum Gasteiger partial charge on any atom is 0.290 e. The average molecular weight is 308 g/mol. The quantitative estimate of drug-likeness (QED) is 0.502. The van der Waals surface area contributed by atoms with Crippen molar-refractivity contribution in [2.24, 2.45) is 0 Å². The summed E-state index contributed by atoms with van der Waals surface area (Å²) in [7, 11) is -4.13. The summed E-state index contributed by atoms with van der Waals surface area (Å²) in [5.41, 5.74) is 5.99. The molecule has 0 unspecified atom stereocenters. The van der Waals surface area contributed by atoms with Crippen LogP contribution in [-0.2, 0) is 10.0 Å². The topological polar surface area (TPSA) is 128 Å². The summed E-state index contributed by atoms with van der Waals surface area (Å²) in [6.45, 7) is 1.67. The number of anilines is 2. The number of pyridine rings is 1. The van der Waals surface area contributed by atoms with Gasteiger partial charge in [-0.3, -0.25) is 19.8 Å². The second kappa shape index (κ2) is 5.37. The van der Waals surface area contributed by atoms with Crippen molar-refractivity contribution < 1.29 is 13.3 Å². The molecule has 0 aliphatic carbocycles. The van der Waals surface area contributed by atoms with Crippen LogP contribution in [0, 0.1) is 17.0 Å². The van der Waals surface area contributed by atoms with E-state index in [2.05, 4.69) is 9.71 Å². The first kappa shape index (κ1) is 14.7. The summed E-state index contributed by atoms with van der Waals surface area (Å²) in [6, 6.07) is 4.85. The van der Waals surface area contributed by atoms with Crippen LogP contribution in [0.3, 0.4) is 0 Å². The van der Waals surface area contributed by atoms with Gasteiger partial charge in [-0.1, -0.05) is 0 Å². The standard InChI is InChI=1S/C12H12N4O4S/c1-8-7-14-5-4-10(8)15-21(19,20)12-6-9(13)2-3-11(12)16(17)18/h2-7H,13H2,1H3,(H,14,15). The van der Waals surface area contributed by atoms with E-state index < -0.39 is 25.5 Å². The summed E-state index contributed by atoms with van der Waals surface area (Å²) < 4.78 is 27.0. The third-order valence-electron chi connectivity index (χ3n) is 2.73. The van der Waals surface area contributed by atoms with Crippen molar-refractivity contribution in [1.82, 2.24) is 4.98 Å². The molecule has 8 nitrogen and oxygen atoms in total. The van der Waals surface area contributed by atoms with Crippen LogP contribution in [0.5, 0.6) is 0 Å². The van der Waals surface area contributed by atoms with Crippen molar-refractivity contribution >= 4 is 27.1 Å².